The van der Waals surface area contributed by atoms with Crippen LogP contribution in [0.3, 0.4) is 0 Å². The Balaban J connectivity index is 2.39. The van der Waals surface area contributed by atoms with Gasteiger partial charge in [-0.2, -0.15) is 0 Å². The molecular weight excluding hydrogens is 172 g/mol. The third kappa shape index (κ3) is 3.71. The van der Waals surface area contributed by atoms with Crippen LogP contribution >= 0.6 is 0 Å². The van der Waals surface area contributed by atoms with E-state index in [-0.39, 0.29) is 12.6 Å². The van der Waals surface area contributed by atoms with Crippen LogP contribution in [0.5, 0.6) is 0 Å². The van der Waals surface area contributed by atoms with Gasteiger partial charge in [0.15, 0.2) is 0 Å². The Morgan fingerprint density at radius 2 is 2.46 bits per heavy atom. The molecule has 0 amide bonds. The molecule has 76 valence electrons. The van der Waals surface area contributed by atoms with E-state index in [2.05, 4.69) is 0 Å². The van der Waals surface area contributed by atoms with Crippen molar-refractivity contribution in [3.05, 3.63) is 0 Å². The fourth-order valence-electron chi connectivity index (χ4n) is 1.45. The predicted molar refractivity (Wildman–Crippen MR) is 47.5 cm³/mol. The molecule has 1 rings (SSSR count). The number of carboxylic acids is 1. The normalized spacial score (nSPS) is 25.5. The van der Waals surface area contributed by atoms with Crippen LogP contribution in [0.4, 0.5) is 0 Å². The SMILES string of the molecule is NCC1CN(CC(=O)O)CCCO1. The molecule has 1 fully saturated rings. The molecule has 0 saturated carbocycles. The summed E-state index contributed by atoms with van der Waals surface area (Å²) in [5.74, 6) is -0.794. The smallest absolute Gasteiger partial charge is 0.317 e. The van der Waals surface area contributed by atoms with Crippen molar-refractivity contribution in [3.8, 4) is 0 Å². The van der Waals surface area contributed by atoms with E-state index in [9.17, 15) is 4.79 Å². The zero-order valence-corrected chi connectivity index (χ0v) is 7.61. The Bertz CT molecular complexity index is 175. The van der Waals surface area contributed by atoms with E-state index in [1.807, 2.05) is 4.90 Å². The van der Waals surface area contributed by atoms with Crippen LogP contribution in [-0.4, -0.2) is 54.9 Å². The maximum absolute atomic E-state index is 10.5. The van der Waals surface area contributed by atoms with Crippen LogP contribution in [0.25, 0.3) is 0 Å². The lowest BCUT2D eigenvalue weighted by Crippen LogP contribution is -2.38. The van der Waals surface area contributed by atoms with E-state index < -0.39 is 5.97 Å². The largest absolute Gasteiger partial charge is 0.480 e. The predicted octanol–water partition coefficient (Wildman–Crippen LogP) is -0.879. The van der Waals surface area contributed by atoms with Crippen molar-refractivity contribution in [3.63, 3.8) is 0 Å². The summed E-state index contributed by atoms with van der Waals surface area (Å²) in [7, 11) is 0. The summed E-state index contributed by atoms with van der Waals surface area (Å²) in [5, 5.41) is 8.60. The number of carbonyl (C=O) groups is 1. The molecule has 1 aliphatic rings. The molecule has 0 aromatic rings. The molecule has 3 N–H and O–H groups in total. The van der Waals surface area contributed by atoms with Crippen molar-refractivity contribution in [2.24, 2.45) is 5.73 Å². The number of hydrogen-bond acceptors (Lipinski definition) is 4. The zero-order chi connectivity index (χ0) is 9.68. The van der Waals surface area contributed by atoms with E-state index in [4.69, 9.17) is 15.6 Å². The first-order valence-electron chi connectivity index (χ1n) is 4.48. The summed E-state index contributed by atoms with van der Waals surface area (Å²) < 4.78 is 5.40. The lowest BCUT2D eigenvalue weighted by molar-refractivity contribution is -0.138. The molecule has 0 radical (unpaired) electrons. The minimum Gasteiger partial charge on any atom is -0.480 e. The number of rotatable bonds is 3. The summed E-state index contributed by atoms with van der Waals surface area (Å²) in [4.78, 5) is 12.3. The molecule has 0 spiro atoms. The lowest BCUT2D eigenvalue weighted by atomic mass is 10.3. The second-order valence-electron chi connectivity index (χ2n) is 3.21. The maximum atomic E-state index is 10.5. The van der Waals surface area contributed by atoms with Gasteiger partial charge in [-0.3, -0.25) is 9.69 Å². The topological polar surface area (TPSA) is 75.8 Å². The van der Waals surface area contributed by atoms with Gasteiger partial charge >= 0.3 is 5.97 Å². The van der Waals surface area contributed by atoms with Crippen LogP contribution in [0.2, 0.25) is 0 Å². The minimum absolute atomic E-state index is 0.0122. The molecule has 1 atom stereocenters. The van der Waals surface area contributed by atoms with Crippen molar-refractivity contribution < 1.29 is 14.6 Å². The van der Waals surface area contributed by atoms with Crippen LogP contribution in [0.15, 0.2) is 0 Å². The highest BCUT2D eigenvalue weighted by Gasteiger charge is 2.18. The van der Waals surface area contributed by atoms with Crippen LogP contribution in [0, 0.1) is 0 Å². The molecular formula is C8H16N2O3. The monoisotopic (exact) mass is 188 g/mol. The van der Waals surface area contributed by atoms with Gasteiger partial charge in [-0.25, -0.2) is 0 Å². The van der Waals surface area contributed by atoms with E-state index in [1.165, 1.54) is 0 Å². The van der Waals surface area contributed by atoms with Crippen LogP contribution < -0.4 is 5.73 Å². The Morgan fingerprint density at radius 1 is 1.69 bits per heavy atom. The number of carboxylic acid groups (broad SMARTS) is 1. The molecule has 5 heteroatoms. The van der Waals surface area contributed by atoms with Crippen molar-refractivity contribution in [2.45, 2.75) is 12.5 Å². The second kappa shape index (κ2) is 5.16. The quantitative estimate of drug-likeness (QED) is 0.601. The molecule has 1 unspecified atom stereocenters. The molecule has 1 heterocycles. The standard InChI is InChI=1S/C8H16N2O3/c9-4-7-5-10(6-8(11)12)2-1-3-13-7/h7H,1-6,9H2,(H,11,12). The summed E-state index contributed by atoms with van der Waals surface area (Å²) in [6.07, 6.45) is 0.867. The molecule has 0 aliphatic carbocycles. The van der Waals surface area contributed by atoms with Gasteiger partial charge < -0.3 is 15.6 Å². The fraction of sp³-hybridized carbons (Fsp3) is 0.875. The van der Waals surface area contributed by atoms with Gasteiger partial charge in [0.05, 0.1) is 12.6 Å². The van der Waals surface area contributed by atoms with Crippen molar-refractivity contribution in [2.75, 3.05) is 32.8 Å². The number of nitrogens with zero attached hydrogens (tertiary/aromatic N) is 1. The Labute approximate surface area is 77.5 Å². The van der Waals surface area contributed by atoms with Crippen molar-refractivity contribution >= 4 is 5.97 Å². The molecule has 0 bridgehead atoms. The summed E-state index contributed by atoms with van der Waals surface area (Å²) in [6.45, 7) is 2.62. The van der Waals surface area contributed by atoms with E-state index in [1.54, 1.807) is 0 Å². The number of hydrogen-bond donors (Lipinski definition) is 2. The minimum atomic E-state index is -0.794. The highest BCUT2D eigenvalue weighted by Crippen LogP contribution is 2.04. The van der Waals surface area contributed by atoms with Gasteiger partial charge in [0.2, 0.25) is 0 Å². The number of ether oxygens (including phenoxy) is 1. The highest BCUT2D eigenvalue weighted by atomic mass is 16.5. The van der Waals surface area contributed by atoms with Gasteiger partial charge in [-0.05, 0) is 6.42 Å². The molecule has 1 saturated heterocycles. The maximum Gasteiger partial charge on any atom is 0.317 e. The van der Waals surface area contributed by atoms with Crippen LogP contribution in [0.1, 0.15) is 6.42 Å². The molecule has 0 aromatic carbocycles. The highest BCUT2D eigenvalue weighted by molar-refractivity contribution is 5.69. The van der Waals surface area contributed by atoms with Crippen LogP contribution in [-0.2, 0) is 9.53 Å². The van der Waals surface area contributed by atoms with Gasteiger partial charge in [-0.1, -0.05) is 0 Å². The fourth-order valence-corrected chi connectivity index (χ4v) is 1.45. The first kappa shape index (κ1) is 10.4. The zero-order valence-electron chi connectivity index (χ0n) is 7.61. The van der Waals surface area contributed by atoms with E-state index in [0.717, 1.165) is 13.0 Å². The number of nitrogens with two attached hydrogens (primary N) is 1. The molecule has 13 heavy (non-hydrogen) atoms. The van der Waals surface area contributed by atoms with Gasteiger partial charge in [-0.15, -0.1) is 0 Å². The van der Waals surface area contributed by atoms with Gasteiger partial charge in [0, 0.05) is 26.2 Å². The van der Waals surface area contributed by atoms with E-state index in [0.29, 0.717) is 19.7 Å². The molecule has 5 nitrogen and oxygen atoms in total. The first-order chi connectivity index (χ1) is 6.22. The van der Waals surface area contributed by atoms with Crippen molar-refractivity contribution in [1.29, 1.82) is 0 Å². The van der Waals surface area contributed by atoms with E-state index >= 15 is 0 Å². The Morgan fingerprint density at radius 3 is 3.08 bits per heavy atom. The van der Waals surface area contributed by atoms with Gasteiger partial charge in [0.1, 0.15) is 0 Å². The molecule has 1 aliphatic heterocycles. The Kier molecular flexibility index (Phi) is 4.14. The summed E-state index contributed by atoms with van der Waals surface area (Å²) in [6, 6.07) is 0. The summed E-state index contributed by atoms with van der Waals surface area (Å²) in [5.41, 5.74) is 5.47. The first-order valence-corrected chi connectivity index (χ1v) is 4.48. The average Bonchev–Trinajstić information content (AvgIpc) is 2.28. The van der Waals surface area contributed by atoms with Crippen molar-refractivity contribution in [1.82, 2.24) is 4.90 Å². The number of aliphatic carboxylic acids is 1. The third-order valence-corrected chi connectivity index (χ3v) is 2.06. The van der Waals surface area contributed by atoms with Gasteiger partial charge in [0.25, 0.3) is 0 Å². The third-order valence-electron chi connectivity index (χ3n) is 2.06. The average molecular weight is 188 g/mol. The summed E-state index contributed by atoms with van der Waals surface area (Å²) >= 11 is 0. The lowest BCUT2D eigenvalue weighted by Gasteiger charge is -2.20. The Hall–Kier alpha value is -0.650. The molecule has 0 aromatic heterocycles. The second-order valence-corrected chi connectivity index (χ2v) is 3.21.